The molecule has 0 unspecified atom stereocenters. The van der Waals surface area contributed by atoms with E-state index in [4.69, 9.17) is 4.74 Å². The highest BCUT2D eigenvalue weighted by Crippen LogP contribution is 2.10. The van der Waals surface area contributed by atoms with Gasteiger partial charge in [-0.05, 0) is 44.2 Å². The van der Waals surface area contributed by atoms with E-state index in [0.29, 0.717) is 12.2 Å². The molecule has 0 aromatic carbocycles. The summed E-state index contributed by atoms with van der Waals surface area (Å²) in [6, 6.07) is 1.16. The van der Waals surface area contributed by atoms with Gasteiger partial charge >= 0.3 is 5.97 Å². The van der Waals surface area contributed by atoms with Crippen molar-refractivity contribution in [3.05, 3.63) is 53.3 Å². The van der Waals surface area contributed by atoms with Crippen molar-refractivity contribution in [2.24, 2.45) is 0 Å². The number of cyclic esters (lactones) is 1. The molecule has 0 saturated heterocycles. The number of rotatable bonds is 3. The van der Waals surface area contributed by atoms with Crippen molar-refractivity contribution < 1.29 is 28.3 Å². The predicted octanol–water partition coefficient (Wildman–Crippen LogP) is 1.17. The average molecular weight is 465 g/mol. The number of fused-ring (bicyclic) bond motifs is 2. The minimum absolute atomic E-state index is 0.118. The molecule has 0 fully saturated rings. The van der Waals surface area contributed by atoms with Crippen LogP contribution in [0.15, 0.2) is 36.1 Å². The van der Waals surface area contributed by atoms with E-state index in [-0.39, 0.29) is 30.1 Å². The van der Waals surface area contributed by atoms with Gasteiger partial charge in [-0.2, -0.15) is 12.6 Å². The van der Waals surface area contributed by atoms with Crippen LogP contribution in [0.2, 0.25) is 0 Å². The number of allylic oxidation sites excluding steroid dienone is 2. The van der Waals surface area contributed by atoms with Crippen LogP contribution in [0.3, 0.4) is 0 Å². The molecule has 1 aliphatic heterocycles. The zero-order valence-electron chi connectivity index (χ0n) is 17.7. The molecule has 2 bridgehead atoms. The van der Waals surface area contributed by atoms with Crippen LogP contribution in [0.5, 0.6) is 0 Å². The van der Waals surface area contributed by atoms with Crippen LogP contribution in [0, 0.1) is 5.82 Å². The van der Waals surface area contributed by atoms with Gasteiger partial charge in [0.15, 0.2) is 0 Å². The number of carbonyl (C=O) groups is 4. The maximum atomic E-state index is 14.1. The Labute approximate surface area is 190 Å². The highest BCUT2D eigenvalue weighted by molar-refractivity contribution is 7.80. The monoisotopic (exact) mass is 464 g/mol. The first-order valence-electron chi connectivity index (χ1n) is 9.93. The zero-order valence-corrected chi connectivity index (χ0v) is 18.6. The van der Waals surface area contributed by atoms with Crippen molar-refractivity contribution in [3.8, 4) is 0 Å². The number of amides is 3. The fourth-order valence-electron chi connectivity index (χ4n) is 2.67. The molecule has 172 valence electrons. The molecule has 32 heavy (non-hydrogen) atoms. The molecule has 0 radical (unpaired) electrons. The first-order valence-corrected chi connectivity index (χ1v) is 10.6. The third-order valence-electron chi connectivity index (χ3n) is 4.39. The Balaban J connectivity index is 2.36. The standard InChI is InChI=1S/C21H25FN4O5S/c1-3-15-19(28)24-12(2)21(30)31-13(6-4-5-9-32)10-18(27)23-11-17-14(22)7-8-16(25-17)20(29)26-15/h3-4,6-8,12-13,32H,5,9-11H2,1-2H3,(H,23,27)(H,24,28)(H,26,29)/b6-4+,15-3-/t12-,13+/m0/s1. The van der Waals surface area contributed by atoms with Crippen molar-refractivity contribution in [2.45, 2.75) is 45.4 Å². The predicted molar refractivity (Wildman–Crippen MR) is 117 cm³/mol. The molecule has 2 rings (SSSR count). The summed E-state index contributed by atoms with van der Waals surface area (Å²) in [5, 5.41) is 7.32. The van der Waals surface area contributed by atoms with Gasteiger partial charge in [0.1, 0.15) is 29.4 Å². The quantitative estimate of drug-likeness (QED) is 0.230. The topological polar surface area (TPSA) is 126 Å². The summed E-state index contributed by atoms with van der Waals surface area (Å²) in [6.07, 6.45) is 4.09. The first kappa shape index (κ1) is 25.1. The zero-order chi connectivity index (χ0) is 23.7. The summed E-state index contributed by atoms with van der Waals surface area (Å²) in [4.78, 5) is 53.7. The molecule has 1 aromatic heterocycles. The molecule has 3 amide bonds. The number of halogens is 1. The number of carbonyl (C=O) groups excluding carboxylic acids is 4. The van der Waals surface area contributed by atoms with Gasteiger partial charge in [-0.1, -0.05) is 12.2 Å². The molecule has 1 aliphatic rings. The van der Waals surface area contributed by atoms with Crippen LogP contribution in [0.25, 0.3) is 0 Å². The molecule has 0 saturated carbocycles. The molecule has 9 nitrogen and oxygen atoms in total. The molecule has 11 heteroatoms. The Kier molecular flexibility index (Phi) is 9.39. The van der Waals surface area contributed by atoms with Gasteiger partial charge in [0, 0.05) is 0 Å². The van der Waals surface area contributed by atoms with E-state index in [1.165, 1.54) is 19.9 Å². The van der Waals surface area contributed by atoms with E-state index in [1.54, 1.807) is 12.2 Å². The van der Waals surface area contributed by atoms with Crippen molar-refractivity contribution in [2.75, 3.05) is 5.75 Å². The molecule has 0 aliphatic carbocycles. The van der Waals surface area contributed by atoms with E-state index in [9.17, 15) is 23.6 Å². The van der Waals surface area contributed by atoms with Crippen LogP contribution in [-0.2, 0) is 25.7 Å². The van der Waals surface area contributed by atoms with Gasteiger partial charge in [0.25, 0.3) is 11.8 Å². The minimum Gasteiger partial charge on any atom is -0.456 e. The minimum atomic E-state index is -1.05. The summed E-state index contributed by atoms with van der Waals surface area (Å²) < 4.78 is 19.5. The van der Waals surface area contributed by atoms with E-state index in [1.807, 2.05) is 0 Å². The smallest absolute Gasteiger partial charge is 0.328 e. The number of hydrogen-bond donors (Lipinski definition) is 4. The lowest BCUT2D eigenvalue weighted by atomic mass is 10.2. The van der Waals surface area contributed by atoms with Crippen molar-refractivity contribution in [1.29, 1.82) is 0 Å². The number of thiol groups is 1. The molecular formula is C21H25FN4O5S. The number of pyridine rings is 1. The lowest BCUT2D eigenvalue weighted by Gasteiger charge is -2.19. The lowest BCUT2D eigenvalue weighted by molar-refractivity contribution is -0.151. The summed E-state index contributed by atoms with van der Waals surface area (Å²) in [7, 11) is 0. The van der Waals surface area contributed by atoms with Crippen LogP contribution < -0.4 is 16.0 Å². The molecule has 2 heterocycles. The molecule has 0 spiro atoms. The van der Waals surface area contributed by atoms with Gasteiger partial charge in [-0.25, -0.2) is 14.2 Å². The molecule has 3 N–H and O–H groups in total. The third kappa shape index (κ3) is 7.19. The summed E-state index contributed by atoms with van der Waals surface area (Å²) in [6.45, 7) is 2.67. The number of esters is 1. The highest BCUT2D eigenvalue weighted by Gasteiger charge is 2.25. The van der Waals surface area contributed by atoms with Crippen molar-refractivity contribution in [3.63, 3.8) is 0 Å². The van der Waals surface area contributed by atoms with Gasteiger partial charge in [-0.15, -0.1) is 0 Å². The Morgan fingerprint density at radius 3 is 2.69 bits per heavy atom. The van der Waals surface area contributed by atoms with Crippen LogP contribution in [0.1, 0.15) is 42.9 Å². The van der Waals surface area contributed by atoms with Crippen LogP contribution in [0.4, 0.5) is 4.39 Å². The number of aromatic nitrogens is 1. The van der Waals surface area contributed by atoms with Gasteiger partial charge in [0.2, 0.25) is 5.91 Å². The van der Waals surface area contributed by atoms with Gasteiger partial charge in [-0.3, -0.25) is 14.4 Å². The van der Waals surface area contributed by atoms with E-state index in [2.05, 4.69) is 33.6 Å². The Bertz CT molecular complexity index is 950. The summed E-state index contributed by atoms with van der Waals surface area (Å²) in [5.74, 6) is -2.91. The largest absolute Gasteiger partial charge is 0.456 e. The molecule has 2 atom stereocenters. The summed E-state index contributed by atoms with van der Waals surface area (Å²) >= 11 is 4.10. The Morgan fingerprint density at radius 2 is 2.00 bits per heavy atom. The maximum absolute atomic E-state index is 14.1. The highest BCUT2D eigenvalue weighted by atomic mass is 32.1. The van der Waals surface area contributed by atoms with Crippen molar-refractivity contribution in [1.82, 2.24) is 20.9 Å². The third-order valence-corrected chi connectivity index (χ3v) is 4.65. The SMILES string of the molecule is C/C=C1\NC(=O)c2ccc(F)c(n2)CNC(=O)C[C@@H](/C=C/CCS)OC(=O)[C@H](C)NC1=O. The molecular weight excluding hydrogens is 439 g/mol. The summed E-state index contributed by atoms with van der Waals surface area (Å²) in [5.41, 5.74) is -0.416. The fraction of sp³-hybridized carbons (Fsp3) is 0.381. The van der Waals surface area contributed by atoms with Crippen molar-refractivity contribution >= 4 is 36.3 Å². The maximum Gasteiger partial charge on any atom is 0.328 e. The van der Waals surface area contributed by atoms with E-state index >= 15 is 0 Å². The van der Waals surface area contributed by atoms with Gasteiger partial charge < -0.3 is 20.7 Å². The van der Waals surface area contributed by atoms with Crippen LogP contribution >= 0.6 is 12.6 Å². The normalized spacial score (nSPS) is 22.3. The van der Waals surface area contributed by atoms with Gasteiger partial charge in [0.05, 0.1) is 18.7 Å². The number of ether oxygens (including phenoxy) is 1. The Morgan fingerprint density at radius 1 is 1.25 bits per heavy atom. The fourth-order valence-corrected chi connectivity index (χ4v) is 2.82. The lowest BCUT2D eigenvalue weighted by Crippen LogP contribution is -2.44. The molecule has 1 aromatic rings. The number of nitrogens with zero attached hydrogens (tertiary/aromatic N) is 1. The van der Waals surface area contributed by atoms with E-state index in [0.717, 1.165) is 12.1 Å². The first-order chi connectivity index (χ1) is 15.2. The number of nitrogens with one attached hydrogen (secondary N) is 3. The second-order valence-electron chi connectivity index (χ2n) is 6.87. The number of hydrogen-bond acceptors (Lipinski definition) is 7. The van der Waals surface area contributed by atoms with Crippen LogP contribution in [-0.4, -0.2) is 46.6 Å². The van der Waals surface area contributed by atoms with E-state index < -0.39 is 41.7 Å². The second kappa shape index (κ2) is 12.0. The second-order valence-corrected chi connectivity index (χ2v) is 7.32. The Hall–Kier alpha value is -3.21. The average Bonchev–Trinajstić information content (AvgIpc) is 2.75.